The summed E-state index contributed by atoms with van der Waals surface area (Å²) in [5, 5.41) is 4.66. The Morgan fingerprint density at radius 2 is 0.735 bits per heavy atom. The van der Waals surface area contributed by atoms with Gasteiger partial charge < -0.3 is 0 Å². The average molecular weight is 879 g/mol. The van der Waals surface area contributed by atoms with Crippen LogP contribution in [0.25, 0.3) is 88.6 Å². The first kappa shape index (κ1) is 44.5. The molecule has 0 amide bonds. The molecule has 0 aliphatic carbocycles. The molecule has 328 valence electrons. The lowest BCUT2D eigenvalue weighted by Crippen LogP contribution is -1.93. The first-order valence-corrected chi connectivity index (χ1v) is 22.8. The van der Waals surface area contributed by atoms with E-state index in [2.05, 4.69) is 141 Å². The van der Waals surface area contributed by atoms with Crippen molar-refractivity contribution in [1.29, 1.82) is 0 Å². The number of aromatic nitrogens is 6. The van der Waals surface area contributed by atoms with Crippen LogP contribution < -0.4 is 0 Å². The van der Waals surface area contributed by atoms with Crippen molar-refractivity contribution in [2.45, 2.75) is 27.7 Å². The number of pyridine rings is 2. The number of rotatable bonds is 4. The molecular weight excluding hydrogens is 829 g/mol. The quantitative estimate of drug-likeness (QED) is 0.175. The lowest BCUT2D eigenvalue weighted by atomic mass is 10.0. The molecule has 0 fully saturated rings. The Labute approximate surface area is 397 Å². The summed E-state index contributed by atoms with van der Waals surface area (Å²) in [6.45, 7) is 8.13. The van der Waals surface area contributed by atoms with Crippen LogP contribution in [-0.4, -0.2) is 29.9 Å². The maximum Gasteiger partial charge on any atom is 0.160 e. The highest BCUT2D eigenvalue weighted by Gasteiger charge is 2.09. The van der Waals surface area contributed by atoms with Gasteiger partial charge in [0.15, 0.2) is 5.82 Å². The second-order valence-corrected chi connectivity index (χ2v) is 16.4. The fourth-order valence-corrected chi connectivity index (χ4v) is 8.23. The van der Waals surface area contributed by atoms with Gasteiger partial charge in [0.1, 0.15) is 5.82 Å². The summed E-state index contributed by atoms with van der Waals surface area (Å²) in [5.41, 5.74) is 15.4. The minimum Gasteiger partial charge on any atom is -0.253 e. The highest BCUT2D eigenvalue weighted by Crippen LogP contribution is 2.29. The van der Waals surface area contributed by atoms with Crippen LogP contribution >= 0.6 is 0 Å². The molecule has 6 heteroatoms. The molecule has 0 N–H and O–H groups in total. The molecule has 4 aromatic heterocycles. The molecule has 8 aromatic carbocycles. The summed E-state index contributed by atoms with van der Waals surface area (Å²) >= 11 is 0. The minimum atomic E-state index is 0.793. The largest absolute Gasteiger partial charge is 0.253 e. The fraction of sp³-hybridized carbons (Fsp3) is 0.0645. The van der Waals surface area contributed by atoms with Crippen LogP contribution in [0.5, 0.6) is 0 Å². The number of benzene rings is 8. The summed E-state index contributed by atoms with van der Waals surface area (Å²) in [4.78, 5) is 27.4. The zero-order valence-corrected chi connectivity index (χ0v) is 38.6. The van der Waals surface area contributed by atoms with Crippen molar-refractivity contribution in [3.8, 4) is 45.0 Å². The Balaban J connectivity index is 0.000000113. The van der Waals surface area contributed by atoms with E-state index in [1.165, 1.54) is 33.0 Å². The topological polar surface area (TPSA) is 77.3 Å². The van der Waals surface area contributed by atoms with Gasteiger partial charge in [-0.05, 0) is 80.8 Å². The molecule has 0 saturated carbocycles. The third-order valence-electron chi connectivity index (χ3n) is 11.5. The number of fused-ring (bicyclic) bond motifs is 4. The highest BCUT2D eigenvalue weighted by atomic mass is 14.9. The van der Waals surface area contributed by atoms with Crippen molar-refractivity contribution in [1.82, 2.24) is 29.9 Å². The Hall–Kier alpha value is -8.74. The van der Waals surface area contributed by atoms with Crippen LogP contribution in [0.2, 0.25) is 0 Å². The van der Waals surface area contributed by atoms with E-state index in [9.17, 15) is 0 Å². The zero-order valence-electron chi connectivity index (χ0n) is 38.6. The number of para-hydroxylation sites is 4. The average Bonchev–Trinajstić information content (AvgIpc) is 3.40. The molecule has 0 spiro atoms. The van der Waals surface area contributed by atoms with E-state index in [4.69, 9.17) is 4.98 Å². The van der Waals surface area contributed by atoms with E-state index in [0.29, 0.717) is 0 Å². The first-order chi connectivity index (χ1) is 33.4. The van der Waals surface area contributed by atoms with E-state index in [-0.39, 0.29) is 0 Å². The molecule has 12 aromatic rings. The number of nitrogens with zero attached hydrogens (tertiary/aromatic N) is 6. The molecule has 12 rings (SSSR count). The molecule has 0 atom stereocenters. The molecule has 68 heavy (non-hydrogen) atoms. The number of aryl methyl sites for hydroxylation is 4. The van der Waals surface area contributed by atoms with Gasteiger partial charge in [-0.2, -0.15) is 0 Å². The Bertz CT molecular complexity index is 3350. The maximum atomic E-state index is 4.71. The predicted octanol–water partition coefficient (Wildman–Crippen LogP) is 15.6. The summed E-state index contributed by atoms with van der Waals surface area (Å²) in [7, 11) is 0. The normalized spacial score (nSPS) is 10.6. The van der Waals surface area contributed by atoms with Crippen LogP contribution in [0.1, 0.15) is 22.8 Å². The predicted molar refractivity (Wildman–Crippen MR) is 283 cm³/mol. The number of hydrogen-bond donors (Lipinski definition) is 0. The van der Waals surface area contributed by atoms with Crippen LogP contribution in [-0.2, 0) is 0 Å². The van der Waals surface area contributed by atoms with Crippen LogP contribution in [0.15, 0.2) is 231 Å². The van der Waals surface area contributed by atoms with Gasteiger partial charge >= 0.3 is 0 Å². The summed E-state index contributed by atoms with van der Waals surface area (Å²) in [6.07, 6.45) is 0. The van der Waals surface area contributed by atoms with Crippen molar-refractivity contribution < 1.29 is 0 Å². The van der Waals surface area contributed by atoms with Gasteiger partial charge in [0.25, 0.3) is 0 Å². The summed E-state index contributed by atoms with van der Waals surface area (Å²) in [6, 6.07) is 78.1. The van der Waals surface area contributed by atoms with Crippen LogP contribution in [0, 0.1) is 27.7 Å². The molecule has 0 aliphatic heterocycles. The van der Waals surface area contributed by atoms with Gasteiger partial charge in [-0.15, -0.1) is 0 Å². The van der Waals surface area contributed by atoms with E-state index in [1.54, 1.807) is 0 Å². The lowest BCUT2D eigenvalue weighted by molar-refractivity contribution is 1.10. The monoisotopic (exact) mass is 878 g/mol. The molecule has 6 nitrogen and oxygen atoms in total. The van der Waals surface area contributed by atoms with Crippen LogP contribution in [0.4, 0.5) is 0 Å². The van der Waals surface area contributed by atoms with E-state index >= 15 is 0 Å². The van der Waals surface area contributed by atoms with Gasteiger partial charge in [0, 0.05) is 49.6 Å². The van der Waals surface area contributed by atoms with Gasteiger partial charge in [0.2, 0.25) is 0 Å². The first-order valence-electron chi connectivity index (χ1n) is 22.8. The van der Waals surface area contributed by atoms with Gasteiger partial charge in [0.05, 0.1) is 33.5 Å². The highest BCUT2D eigenvalue weighted by molar-refractivity contribution is 5.95. The molecule has 0 unspecified atom stereocenters. The van der Waals surface area contributed by atoms with Crippen molar-refractivity contribution in [2.24, 2.45) is 0 Å². The van der Waals surface area contributed by atoms with Crippen LogP contribution in [0.3, 0.4) is 0 Å². The standard InChI is InChI=1S/2C16H13N.2C15H12N2/c1-12-11-15(13-7-3-2-4-8-13)14-9-5-6-10-16(14)17-12;1-12-11-16(13-7-3-2-4-8-13)17-15-10-6-5-9-14(12)15;1-11-16-14-10-6-5-9-13(14)15(17-11)12-7-3-2-4-8-12;1-11-13-9-5-6-10-14(13)17-15(16-11)12-7-3-2-4-8-12/h2*2-11H,1H3;2*2-10H,1H3. The van der Waals surface area contributed by atoms with Crippen molar-refractivity contribution in [3.05, 3.63) is 253 Å². The lowest BCUT2D eigenvalue weighted by Gasteiger charge is -2.07. The summed E-state index contributed by atoms with van der Waals surface area (Å²) in [5.74, 6) is 1.60. The van der Waals surface area contributed by atoms with Crippen molar-refractivity contribution in [2.75, 3.05) is 0 Å². The number of hydrogen-bond acceptors (Lipinski definition) is 6. The van der Waals surface area contributed by atoms with Crippen molar-refractivity contribution in [3.63, 3.8) is 0 Å². The molecule has 0 radical (unpaired) electrons. The molecule has 0 bridgehead atoms. The van der Waals surface area contributed by atoms with Gasteiger partial charge in [-0.3, -0.25) is 4.98 Å². The molecular formula is C62H50N6. The molecule has 0 saturated heterocycles. The maximum absolute atomic E-state index is 4.71. The van der Waals surface area contributed by atoms with E-state index < -0.39 is 0 Å². The minimum absolute atomic E-state index is 0.793. The Kier molecular flexibility index (Phi) is 13.8. The second-order valence-electron chi connectivity index (χ2n) is 16.4. The Morgan fingerprint density at radius 1 is 0.294 bits per heavy atom. The van der Waals surface area contributed by atoms with Gasteiger partial charge in [-0.1, -0.05) is 194 Å². The van der Waals surface area contributed by atoms with Gasteiger partial charge in [-0.25, -0.2) is 24.9 Å². The molecule has 0 aliphatic rings. The third-order valence-corrected chi connectivity index (χ3v) is 11.5. The Morgan fingerprint density at radius 3 is 1.34 bits per heavy atom. The summed E-state index contributed by atoms with van der Waals surface area (Å²) < 4.78 is 0. The SMILES string of the molecule is Cc1cc(-c2ccccc2)c2ccccc2n1.Cc1cc(-c2ccccc2)nc2ccccc12.Cc1nc(-c2ccccc2)c2ccccc2n1.Cc1nc(-c2ccccc2)nc2ccccc12. The zero-order chi connectivity index (χ0) is 46.7. The van der Waals surface area contributed by atoms with E-state index in [0.717, 1.165) is 78.4 Å². The van der Waals surface area contributed by atoms with Crippen molar-refractivity contribution >= 4 is 43.6 Å². The second kappa shape index (κ2) is 21.0. The fourth-order valence-electron chi connectivity index (χ4n) is 8.23. The van der Waals surface area contributed by atoms with E-state index in [1.807, 2.05) is 142 Å². The third kappa shape index (κ3) is 10.5. The smallest absolute Gasteiger partial charge is 0.160 e. The molecule has 4 heterocycles.